The summed E-state index contributed by atoms with van der Waals surface area (Å²) in [6.07, 6.45) is 0. The fourth-order valence-electron chi connectivity index (χ4n) is 13.0. The summed E-state index contributed by atoms with van der Waals surface area (Å²) in [7, 11) is 0. The van der Waals surface area contributed by atoms with Gasteiger partial charge in [-0.2, -0.15) is 0 Å². The highest BCUT2D eigenvalue weighted by atomic mass is 32.2. The molecule has 0 unspecified atom stereocenters. The number of ether oxygens (including phenoxy) is 1. The normalized spacial score (nSPS) is 13.0. The second kappa shape index (κ2) is 18.5. The number of nitrogens with zero attached hydrogens (tertiary/aromatic N) is 3. The van der Waals surface area contributed by atoms with Crippen LogP contribution in [0.5, 0.6) is 11.5 Å². The second-order valence-corrected chi connectivity index (χ2v) is 21.8. The summed E-state index contributed by atoms with van der Waals surface area (Å²) in [5.74, 6) is 1.72. The quantitative estimate of drug-likeness (QED) is 0.141. The van der Waals surface area contributed by atoms with Crippen molar-refractivity contribution < 1.29 is 4.74 Å². The molecule has 0 saturated heterocycles. The summed E-state index contributed by atoms with van der Waals surface area (Å²) in [5.41, 5.74) is 24.3. The first-order valence-electron chi connectivity index (χ1n) is 27.1. The Morgan fingerprint density at radius 1 is 0.291 bits per heavy atom. The molecule has 16 rings (SSSR count). The average molecular weight is 1020 g/mol. The van der Waals surface area contributed by atoms with E-state index in [1.54, 1.807) is 0 Å². The van der Waals surface area contributed by atoms with E-state index in [1.807, 2.05) is 11.8 Å². The Morgan fingerprint density at radius 2 is 0.785 bits per heavy atom. The summed E-state index contributed by atoms with van der Waals surface area (Å²) < 4.78 is 7.64. The molecule has 0 atom stereocenters. The van der Waals surface area contributed by atoms with Crippen molar-refractivity contribution in [3.63, 3.8) is 0 Å². The first-order chi connectivity index (χ1) is 39.2. The number of hydrogen-bond donors (Lipinski definition) is 0. The molecule has 12 aromatic carbocycles. The molecule has 368 valence electrons. The van der Waals surface area contributed by atoms with Gasteiger partial charge in [0.2, 0.25) is 6.71 Å². The molecule has 79 heavy (non-hydrogen) atoms. The Balaban J connectivity index is 0.978. The molecule has 4 aliphatic heterocycles. The molecule has 4 aliphatic rings. The Morgan fingerprint density at radius 3 is 1.42 bits per heavy atom. The van der Waals surface area contributed by atoms with Crippen molar-refractivity contribution in [2.45, 2.75) is 9.79 Å². The minimum Gasteiger partial charge on any atom is -0.458 e. The Hall–Kier alpha value is -9.68. The highest BCUT2D eigenvalue weighted by molar-refractivity contribution is 8.00. The van der Waals surface area contributed by atoms with Gasteiger partial charge in [-0.1, -0.05) is 223 Å². The standard InChI is InChI=1S/C72H47B2N3OS/c1-6-24-48(25-7-1)51-42-65-71-68(43-51)78-67-47-64-59(46-60(67)73(71)57-36-18-22-40-63(57)76(65)61-38-20-16-34-55(61)49-26-8-2-9-27-49)74-58-37-19-23-41-69(58)79-70-45-54(75(52-30-12-4-13-31-52)53-32-14-5-15-33-53)44-66(72(70)74)77(64)62-39-21-17-35-56(62)50-28-10-3-11-29-50/h1-47H. The lowest BCUT2D eigenvalue weighted by atomic mass is 9.31. The van der Waals surface area contributed by atoms with Gasteiger partial charge >= 0.3 is 0 Å². The van der Waals surface area contributed by atoms with Crippen LogP contribution < -0.4 is 52.2 Å². The first-order valence-corrected chi connectivity index (χ1v) is 28.0. The fourth-order valence-corrected chi connectivity index (χ4v) is 14.2. The molecule has 0 aliphatic carbocycles. The van der Waals surface area contributed by atoms with Crippen LogP contribution in [-0.2, 0) is 0 Å². The third kappa shape index (κ3) is 7.34. The van der Waals surface area contributed by atoms with Gasteiger partial charge in [0.05, 0.1) is 11.4 Å². The van der Waals surface area contributed by atoms with E-state index >= 15 is 0 Å². The van der Waals surface area contributed by atoms with Crippen molar-refractivity contribution in [3.8, 4) is 44.9 Å². The number of benzene rings is 12. The van der Waals surface area contributed by atoms with E-state index in [0.29, 0.717) is 0 Å². The van der Waals surface area contributed by atoms with E-state index in [1.165, 1.54) is 48.2 Å². The number of rotatable bonds is 8. The lowest BCUT2D eigenvalue weighted by Gasteiger charge is -2.44. The van der Waals surface area contributed by atoms with Crippen molar-refractivity contribution in [2.75, 3.05) is 14.7 Å². The molecule has 4 nitrogen and oxygen atoms in total. The van der Waals surface area contributed by atoms with Gasteiger partial charge in [0.15, 0.2) is 0 Å². The predicted octanol–water partition coefficient (Wildman–Crippen LogP) is 15.3. The molecule has 0 fully saturated rings. The molecule has 12 aromatic rings. The molecule has 7 heteroatoms. The zero-order chi connectivity index (χ0) is 52.0. The Kier molecular flexibility index (Phi) is 10.7. The lowest BCUT2D eigenvalue weighted by molar-refractivity contribution is 0.488. The summed E-state index contributed by atoms with van der Waals surface area (Å²) in [6.45, 7) is -0.208. The van der Waals surface area contributed by atoms with E-state index in [4.69, 9.17) is 4.74 Å². The van der Waals surface area contributed by atoms with Crippen molar-refractivity contribution in [1.82, 2.24) is 0 Å². The minimum absolute atomic E-state index is 0.0757. The van der Waals surface area contributed by atoms with Gasteiger partial charge in [0.1, 0.15) is 11.5 Å². The maximum absolute atomic E-state index is 7.64. The number of fused-ring (bicyclic) bond motifs is 8. The molecule has 0 amide bonds. The van der Waals surface area contributed by atoms with Gasteiger partial charge in [0, 0.05) is 66.8 Å². The summed E-state index contributed by atoms with van der Waals surface area (Å²) in [6, 6.07) is 104. The predicted molar refractivity (Wildman–Crippen MR) is 333 cm³/mol. The molecule has 0 bridgehead atoms. The van der Waals surface area contributed by atoms with E-state index in [2.05, 4.69) is 300 Å². The van der Waals surface area contributed by atoms with Crippen LogP contribution in [0, 0.1) is 0 Å². The Labute approximate surface area is 465 Å². The number of hydrogen-bond acceptors (Lipinski definition) is 5. The second-order valence-electron chi connectivity index (χ2n) is 20.7. The molecule has 4 heterocycles. The molecular formula is C72H47B2N3OS. The van der Waals surface area contributed by atoms with Crippen LogP contribution >= 0.6 is 11.8 Å². The van der Waals surface area contributed by atoms with Gasteiger partial charge in [-0.05, 0) is 122 Å². The molecule has 0 N–H and O–H groups in total. The van der Waals surface area contributed by atoms with Crippen molar-refractivity contribution in [2.24, 2.45) is 0 Å². The molecule has 0 aromatic heterocycles. The minimum atomic E-state index is -0.132. The summed E-state index contributed by atoms with van der Waals surface area (Å²) in [4.78, 5) is 9.97. The van der Waals surface area contributed by atoms with Crippen LogP contribution in [0.15, 0.2) is 295 Å². The maximum Gasteiger partial charge on any atom is 0.256 e. The van der Waals surface area contributed by atoms with Gasteiger partial charge in [-0.25, -0.2) is 0 Å². The van der Waals surface area contributed by atoms with Crippen LogP contribution in [0.4, 0.5) is 51.2 Å². The molecule has 0 spiro atoms. The van der Waals surface area contributed by atoms with Gasteiger partial charge < -0.3 is 19.4 Å². The molecule has 0 radical (unpaired) electrons. The SMILES string of the molecule is c1ccc(-c2cc3c4c(c2)N(c2ccccc2-c2ccccc2)c2ccccc2B4c2cc4c(cc2O3)N(c2ccccc2-c2ccccc2)c2cc(N(c3ccccc3)c3ccccc3)cc3c2B4c2ccccc2S3)cc1. The molecule has 0 saturated carbocycles. The largest absolute Gasteiger partial charge is 0.458 e. The maximum atomic E-state index is 7.64. The zero-order valence-electron chi connectivity index (χ0n) is 42.9. The third-order valence-corrected chi connectivity index (χ3v) is 17.5. The van der Waals surface area contributed by atoms with Crippen LogP contribution in [0.1, 0.15) is 0 Å². The first kappa shape index (κ1) is 45.5. The van der Waals surface area contributed by atoms with Crippen LogP contribution in [0.3, 0.4) is 0 Å². The van der Waals surface area contributed by atoms with Crippen molar-refractivity contribution in [3.05, 3.63) is 285 Å². The highest BCUT2D eigenvalue weighted by Gasteiger charge is 2.47. The topological polar surface area (TPSA) is 19.0 Å². The monoisotopic (exact) mass is 1020 g/mol. The highest BCUT2D eigenvalue weighted by Crippen LogP contribution is 2.51. The molecular weight excluding hydrogens is 977 g/mol. The van der Waals surface area contributed by atoms with Gasteiger partial charge in [-0.15, -0.1) is 0 Å². The van der Waals surface area contributed by atoms with Crippen LogP contribution in [0.2, 0.25) is 0 Å². The fraction of sp³-hybridized carbons (Fsp3) is 0. The van der Waals surface area contributed by atoms with E-state index in [9.17, 15) is 0 Å². The summed E-state index contributed by atoms with van der Waals surface area (Å²) >= 11 is 1.88. The lowest BCUT2D eigenvalue weighted by Crippen LogP contribution is -2.63. The van der Waals surface area contributed by atoms with Crippen molar-refractivity contribution >= 4 is 109 Å². The zero-order valence-corrected chi connectivity index (χ0v) is 43.8. The summed E-state index contributed by atoms with van der Waals surface area (Å²) in [5, 5.41) is 0. The van der Waals surface area contributed by atoms with Crippen molar-refractivity contribution in [1.29, 1.82) is 0 Å². The Bertz CT molecular complexity index is 4310. The number of para-hydroxylation sites is 5. The van der Waals surface area contributed by atoms with E-state index in [-0.39, 0.29) is 13.4 Å². The van der Waals surface area contributed by atoms with Crippen LogP contribution in [0.25, 0.3) is 33.4 Å². The third-order valence-electron chi connectivity index (χ3n) is 16.3. The smallest absolute Gasteiger partial charge is 0.256 e. The van der Waals surface area contributed by atoms with E-state index < -0.39 is 0 Å². The van der Waals surface area contributed by atoms with E-state index in [0.717, 1.165) is 90.4 Å². The number of anilines is 9. The van der Waals surface area contributed by atoms with Gasteiger partial charge in [-0.3, -0.25) is 0 Å². The van der Waals surface area contributed by atoms with Crippen LogP contribution in [-0.4, -0.2) is 13.4 Å². The van der Waals surface area contributed by atoms with Gasteiger partial charge in [0.25, 0.3) is 6.71 Å². The average Bonchev–Trinajstić information content (AvgIpc) is 3.57.